The lowest BCUT2D eigenvalue weighted by Gasteiger charge is -2.12. The molecule has 1 N–H and O–H groups in total. The van der Waals surface area contributed by atoms with Crippen LogP contribution in [0.25, 0.3) is 11.4 Å². The maximum Gasteiger partial charge on any atom is 0.321 e. The zero-order valence-corrected chi connectivity index (χ0v) is 10.5. The summed E-state index contributed by atoms with van der Waals surface area (Å²) in [7, 11) is 3.36. The number of nitrogens with zero attached hydrogens (tertiary/aromatic N) is 3. The molecule has 0 fully saturated rings. The Labute approximate surface area is 105 Å². The molecule has 0 unspecified atom stereocenters. The van der Waals surface area contributed by atoms with Crippen molar-refractivity contribution in [2.24, 2.45) is 0 Å². The number of amides is 2. The van der Waals surface area contributed by atoms with Crippen LogP contribution in [-0.4, -0.2) is 35.2 Å². The fourth-order valence-electron chi connectivity index (χ4n) is 1.39. The average molecular weight is 246 g/mol. The topological polar surface area (TPSA) is 71.3 Å². The molecule has 2 rings (SSSR count). The van der Waals surface area contributed by atoms with Crippen molar-refractivity contribution in [1.82, 2.24) is 15.0 Å². The quantitative estimate of drug-likeness (QED) is 0.881. The summed E-state index contributed by atoms with van der Waals surface area (Å²) < 4.78 is 4.92. The number of urea groups is 1. The Morgan fingerprint density at radius 3 is 2.78 bits per heavy atom. The van der Waals surface area contributed by atoms with Crippen molar-refractivity contribution in [2.45, 2.75) is 6.92 Å². The highest BCUT2D eigenvalue weighted by atomic mass is 16.5. The van der Waals surface area contributed by atoms with Gasteiger partial charge in [0, 0.05) is 32.3 Å². The number of aryl methyl sites for hydroxylation is 1. The molecule has 1 aromatic carbocycles. The van der Waals surface area contributed by atoms with Crippen molar-refractivity contribution < 1.29 is 9.32 Å². The lowest BCUT2D eigenvalue weighted by atomic mass is 10.2. The van der Waals surface area contributed by atoms with Crippen LogP contribution in [0.1, 0.15) is 5.89 Å². The van der Waals surface area contributed by atoms with E-state index < -0.39 is 0 Å². The lowest BCUT2D eigenvalue weighted by Crippen LogP contribution is -2.27. The molecular weight excluding hydrogens is 232 g/mol. The zero-order chi connectivity index (χ0) is 13.1. The van der Waals surface area contributed by atoms with Crippen LogP contribution in [0.2, 0.25) is 0 Å². The first-order valence-electron chi connectivity index (χ1n) is 5.45. The van der Waals surface area contributed by atoms with Gasteiger partial charge in [-0.2, -0.15) is 4.98 Å². The monoisotopic (exact) mass is 246 g/mol. The maximum atomic E-state index is 11.5. The number of hydrogen-bond donors (Lipinski definition) is 1. The average Bonchev–Trinajstić information content (AvgIpc) is 2.76. The number of carbonyl (C=O) groups is 1. The molecule has 0 aliphatic carbocycles. The molecule has 0 atom stereocenters. The summed E-state index contributed by atoms with van der Waals surface area (Å²) in [5.74, 6) is 1.01. The van der Waals surface area contributed by atoms with Crippen molar-refractivity contribution >= 4 is 11.7 Å². The molecule has 6 heteroatoms. The van der Waals surface area contributed by atoms with Gasteiger partial charge in [-0.25, -0.2) is 4.79 Å². The molecule has 0 aliphatic rings. The molecule has 6 nitrogen and oxygen atoms in total. The number of carbonyl (C=O) groups excluding carboxylic acids is 1. The first-order chi connectivity index (χ1) is 8.56. The first kappa shape index (κ1) is 12.1. The third-order valence-corrected chi connectivity index (χ3v) is 2.31. The van der Waals surface area contributed by atoms with E-state index in [4.69, 9.17) is 4.52 Å². The number of hydrogen-bond acceptors (Lipinski definition) is 4. The summed E-state index contributed by atoms with van der Waals surface area (Å²) in [5, 5.41) is 6.59. The van der Waals surface area contributed by atoms with Crippen LogP contribution in [0.4, 0.5) is 10.5 Å². The molecule has 0 bridgehead atoms. The van der Waals surface area contributed by atoms with Gasteiger partial charge in [0.25, 0.3) is 0 Å². The smallest absolute Gasteiger partial charge is 0.321 e. The predicted octanol–water partition coefficient (Wildman–Crippen LogP) is 2.14. The molecule has 0 saturated carbocycles. The summed E-state index contributed by atoms with van der Waals surface area (Å²) in [6, 6.07) is 7.10. The minimum Gasteiger partial charge on any atom is -0.339 e. The minimum absolute atomic E-state index is 0.184. The van der Waals surface area contributed by atoms with Gasteiger partial charge in [-0.15, -0.1) is 0 Å². The highest BCUT2D eigenvalue weighted by Gasteiger charge is 2.08. The van der Waals surface area contributed by atoms with Gasteiger partial charge in [-0.3, -0.25) is 0 Å². The summed E-state index contributed by atoms with van der Waals surface area (Å²) in [6.07, 6.45) is 0. The van der Waals surface area contributed by atoms with Crippen molar-refractivity contribution in [3.8, 4) is 11.4 Å². The number of anilines is 1. The molecule has 2 aromatic rings. The van der Waals surface area contributed by atoms with Crippen molar-refractivity contribution in [3.05, 3.63) is 30.2 Å². The first-order valence-corrected chi connectivity index (χ1v) is 5.45. The molecule has 0 saturated heterocycles. The SMILES string of the molecule is Cc1nc(-c2cccc(NC(=O)N(C)C)c2)no1. The van der Waals surface area contributed by atoms with Crippen LogP contribution in [0.3, 0.4) is 0 Å². The summed E-state index contributed by atoms with van der Waals surface area (Å²) in [5.41, 5.74) is 1.48. The number of aromatic nitrogens is 2. The van der Waals surface area contributed by atoms with Crippen LogP contribution in [0.5, 0.6) is 0 Å². The molecular formula is C12H14N4O2. The van der Waals surface area contributed by atoms with Crippen LogP contribution in [-0.2, 0) is 0 Å². The van der Waals surface area contributed by atoms with Gasteiger partial charge in [0.15, 0.2) is 0 Å². The number of rotatable bonds is 2. The number of nitrogens with one attached hydrogen (secondary N) is 1. The fraction of sp³-hybridized carbons (Fsp3) is 0.250. The Kier molecular flexibility index (Phi) is 3.27. The van der Waals surface area contributed by atoms with E-state index in [1.54, 1.807) is 33.2 Å². The largest absolute Gasteiger partial charge is 0.339 e. The van der Waals surface area contributed by atoms with Gasteiger partial charge in [0.1, 0.15) is 0 Å². The van der Waals surface area contributed by atoms with Crippen LogP contribution in [0.15, 0.2) is 28.8 Å². The third kappa shape index (κ3) is 2.65. The molecule has 2 amide bonds. The van der Waals surface area contributed by atoms with Gasteiger partial charge in [0.05, 0.1) is 0 Å². The van der Waals surface area contributed by atoms with Crippen LogP contribution >= 0.6 is 0 Å². The van der Waals surface area contributed by atoms with E-state index in [-0.39, 0.29) is 6.03 Å². The Bertz CT molecular complexity index is 563. The molecule has 1 heterocycles. The Hall–Kier alpha value is -2.37. The van der Waals surface area contributed by atoms with Crippen molar-refractivity contribution in [2.75, 3.05) is 19.4 Å². The standard InChI is InChI=1S/C12H14N4O2/c1-8-13-11(15-18-8)9-5-4-6-10(7-9)14-12(17)16(2)3/h4-7H,1-3H3,(H,14,17). The second-order valence-corrected chi connectivity index (χ2v) is 4.04. The highest BCUT2D eigenvalue weighted by molar-refractivity contribution is 5.89. The fourth-order valence-corrected chi connectivity index (χ4v) is 1.39. The van der Waals surface area contributed by atoms with Gasteiger partial charge >= 0.3 is 6.03 Å². The molecule has 0 spiro atoms. The predicted molar refractivity (Wildman–Crippen MR) is 67.2 cm³/mol. The second kappa shape index (κ2) is 4.87. The van der Waals surface area contributed by atoms with Gasteiger partial charge in [0.2, 0.25) is 11.7 Å². The molecule has 18 heavy (non-hydrogen) atoms. The summed E-state index contributed by atoms with van der Waals surface area (Å²) in [6.45, 7) is 1.73. The van der Waals surface area contributed by atoms with E-state index in [0.29, 0.717) is 17.4 Å². The van der Waals surface area contributed by atoms with Crippen LogP contribution < -0.4 is 5.32 Å². The Morgan fingerprint density at radius 1 is 1.39 bits per heavy atom. The zero-order valence-electron chi connectivity index (χ0n) is 10.5. The van der Waals surface area contributed by atoms with E-state index in [1.165, 1.54) is 4.90 Å². The van der Waals surface area contributed by atoms with Crippen LogP contribution in [0, 0.1) is 6.92 Å². The number of benzene rings is 1. The van der Waals surface area contributed by atoms with E-state index in [0.717, 1.165) is 5.56 Å². The summed E-state index contributed by atoms with van der Waals surface area (Å²) >= 11 is 0. The normalized spacial score (nSPS) is 10.2. The third-order valence-electron chi connectivity index (χ3n) is 2.31. The van der Waals surface area contributed by atoms with Gasteiger partial charge < -0.3 is 14.7 Å². The minimum atomic E-state index is -0.184. The van der Waals surface area contributed by atoms with E-state index >= 15 is 0 Å². The second-order valence-electron chi connectivity index (χ2n) is 4.04. The Morgan fingerprint density at radius 2 is 2.17 bits per heavy atom. The van der Waals surface area contributed by atoms with E-state index in [9.17, 15) is 4.79 Å². The maximum absolute atomic E-state index is 11.5. The van der Waals surface area contributed by atoms with Crippen molar-refractivity contribution in [1.29, 1.82) is 0 Å². The highest BCUT2D eigenvalue weighted by Crippen LogP contribution is 2.19. The lowest BCUT2D eigenvalue weighted by molar-refractivity contribution is 0.230. The van der Waals surface area contributed by atoms with E-state index in [1.807, 2.05) is 12.1 Å². The van der Waals surface area contributed by atoms with Gasteiger partial charge in [-0.05, 0) is 12.1 Å². The molecule has 1 aromatic heterocycles. The molecule has 94 valence electrons. The molecule has 0 radical (unpaired) electrons. The van der Waals surface area contributed by atoms with Crippen molar-refractivity contribution in [3.63, 3.8) is 0 Å². The van der Waals surface area contributed by atoms with Gasteiger partial charge in [-0.1, -0.05) is 17.3 Å². The summed E-state index contributed by atoms with van der Waals surface area (Å²) in [4.78, 5) is 17.1. The van der Waals surface area contributed by atoms with E-state index in [2.05, 4.69) is 15.5 Å². The Balaban J connectivity index is 2.23. The molecule has 0 aliphatic heterocycles.